The predicted octanol–water partition coefficient (Wildman–Crippen LogP) is 2.83. The first-order valence-electron chi connectivity index (χ1n) is 9.17. The van der Waals surface area contributed by atoms with Gasteiger partial charge in [-0.15, -0.1) is 0 Å². The summed E-state index contributed by atoms with van der Waals surface area (Å²) in [5, 5.41) is 6.37. The summed E-state index contributed by atoms with van der Waals surface area (Å²) >= 11 is 0. The van der Waals surface area contributed by atoms with E-state index in [1.807, 2.05) is 18.2 Å². The monoisotopic (exact) mass is 329 g/mol. The van der Waals surface area contributed by atoms with Crippen LogP contribution in [0, 0.1) is 0 Å². The molecule has 3 aliphatic rings. The zero-order valence-electron chi connectivity index (χ0n) is 14.4. The number of carbonyl (C=O) groups excluding carboxylic acids is 1. The second kappa shape index (κ2) is 6.28. The van der Waals surface area contributed by atoms with Crippen LogP contribution in [0.1, 0.15) is 50.1 Å². The summed E-state index contributed by atoms with van der Waals surface area (Å²) in [5.74, 6) is 0.936. The Hall–Kier alpha value is -1.75. The smallest absolute Gasteiger partial charge is 0.315 e. The van der Waals surface area contributed by atoms with Crippen molar-refractivity contribution in [2.75, 3.05) is 20.1 Å². The highest BCUT2D eigenvalue weighted by Gasteiger charge is 2.45. The molecule has 2 N–H and O–H groups in total. The molecule has 2 atom stereocenters. The maximum Gasteiger partial charge on any atom is 0.315 e. The van der Waals surface area contributed by atoms with E-state index in [1.165, 1.54) is 6.42 Å². The fourth-order valence-electron chi connectivity index (χ4n) is 4.29. The summed E-state index contributed by atoms with van der Waals surface area (Å²) < 4.78 is 6.25. The molecule has 1 saturated carbocycles. The molecular weight excluding hydrogens is 302 g/mol. The fourth-order valence-corrected chi connectivity index (χ4v) is 4.29. The molecule has 0 bridgehead atoms. The van der Waals surface area contributed by atoms with Gasteiger partial charge in [-0.05, 0) is 51.8 Å². The minimum atomic E-state index is -0.0582. The number of para-hydroxylation sites is 1. The van der Waals surface area contributed by atoms with Crippen LogP contribution in [0.15, 0.2) is 24.3 Å². The van der Waals surface area contributed by atoms with Crippen LogP contribution in [0.25, 0.3) is 0 Å². The third-order valence-corrected chi connectivity index (χ3v) is 5.73. The van der Waals surface area contributed by atoms with Crippen LogP contribution >= 0.6 is 0 Å². The first-order chi connectivity index (χ1) is 11.6. The number of hydrogen-bond donors (Lipinski definition) is 2. The Morgan fingerprint density at radius 3 is 2.83 bits per heavy atom. The normalized spacial score (nSPS) is 28.4. The summed E-state index contributed by atoms with van der Waals surface area (Å²) in [6.07, 6.45) is 6.48. The van der Waals surface area contributed by atoms with E-state index in [4.69, 9.17) is 4.74 Å². The fraction of sp³-hybridized carbons (Fsp3) is 0.632. The van der Waals surface area contributed by atoms with E-state index in [0.29, 0.717) is 0 Å². The lowest BCUT2D eigenvalue weighted by atomic mass is 9.73. The first kappa shape index (κ1) is 15.8. The van der Waals surface area contributed by atoms with E-state index < -0.39 is 0 Å². The molecule has 0 unspecified atom stereocenters. The molecule has 1 aliphatic carbocycles. The summed E-state index contributed by atoms with van der Waals surface area (Å²) in [5.41, 5.74) is 1.04. The SMILES string of the molecule is CN1CCC[C@@H](NC(=O)N[C@@H]2CC3(CCC3)Oc3ccccc32)C1. The number of urea groups is 1. The number of piperidine rings is 1. The van der Waals surface area contributed by atoms with Crippen molar-refractivity contribution in [1.82, 2.24) is 15.5 Å². The summed E-state index contributed by atoms with van der Waals surface area (Å²) in [4.78, 5) is 14.8. The Labute approximate surface area is 143 Å². The molecule has 5 nitrogen and oxygen atoms in total. The Bertz CT molecular complexity index is 614. The molecule has 0 aromatic heterocycles. The maximum absolute atomic E-state index is 12.5. The van der Waals surface area contributed by atoms with Crippen molar-refractivity contribution in [3.8, 4) is 5.75 Å². The van der Waals surface area contributed by atoms with Gasteiger partial charge in [-0.2, -0.15) is 0 Å². The third-order valence-electron chi connectivity index (χ3n) is 5.73. The van der Waals surface area contributed by atoms with Crippen molar-refractivity contribution in [3.63, 3.8) is 0 Å². The molecule has 1 saturated heterocycles. The summed E-state index contributed by atoms with van der Waals surface area (Å²) in [6.45, 7) is 2.05. The molecule has 130 valence electrons. The molecule has 2 heterocycles. The Kier molecular flexibility index (Phi) is 4.12. The number of rotatable bonds is 2. The first-order valence-corrected chi connectivity index (χ1v) is 9.17. The number of likely N-dealkylation sites (tertiary alicyclic amines) is 1. The van der Waals surface area contributed by atoms with E-state index in [0.717, 1.165) is 56.5 Å². The number of likely N-dealkylation sites (N-methyl/N-ethyl adjacent to an activating group) is 1. The highest BCUT2D eigenvalue weighted by molar-refractivity contribution is 5.75. The van der Waals surface area contributed by atoms with Crippen molar-refractivity contribution in [2.24, 2.45) is 0 Å². The topological polar surface area (TPSA) is 53.6 Å². The molecule has 2 fully saturated rings. The molecule has 2 amide bonds. The number of benzene rings is 1. The van der Waals surface area contributed by atoms with E-state index in [-0.39, 0.29) is 23.7 Å². The largest absolute Gasteiger partial charge is 0.487 e. The maximum atomic E-state index is 12.5. The van der Waals surface area contributed by atoms with Crippen LogP contribution < -0.4 is 15.4 Å². The number of hydrogen-bond acceptors (Lipinski definition) is 3. The van der Waals surface area contributed by atoms with Gasteiger partial charge in [0.15, 0.2) is 0 Å². The molecule has 1 aromatic rings. The lowest BCUT2D eigenvalue weighted by molar-refractivity contribution is -0.0356. The zero-order chi connectivity index (χ0) is 16.6. The molecule has 24 heavy (non-hydrogen) atoms. The van der Waals surface area contributed by atoms with Crippen LogP contribution in [-0.2, 0) is 0 Å². The molecular formula is C19H27N3O2. The van der Waals surface area contributed by atoms with Crippen molar-refractivity contribution in [2.45, 2.75) is 56.2 Å². The molecule has 1 spiro atoms. The second-order valence-electron chi connectivity index (χ2n) is 7.65. The number of nitrogens with one attached hydrogen (secondary N) is 2. The lowest BCUT2D eigenvalue weighted by Gasteiger charge is -2.48. The van der Waals surface area contributed by atoms with Gasteiger partial charge < -0.3 is 20.3 Å². The van der Waals surface area contributed by atoms with Gasteiger partial charge in [0.1, 0.15) is 11.4 Å². The van der Waals surface area contributed by atoms with Gasteiger partial charge in [-0.1, -0.05) is 18.2 Å². The predicted molar refractivity (Wildman–Crippen MR) is 93.2 cm³/mol. The Balaban J connectivity index is 1.44. The second-order valence-corrected chi connectivity index (χ2v) is 7.65. The van der Waals surface area contributed by atoms with Gasteiger partial charge in [0, 0.05) is 24.6 Å². The Morgan fingerprint density at radius 2 is 2.08 bits per heavy atom. The Morgan fingerprint density at radius 1 is 1.25 bits per heavy atom. The van der Waals surface area contributed by atoms with Gasteiger partial charge in [0.25, 0.3) is 0 Å². The minimum absolute atomic E-state index is 0.0385. The molecule has 5 heteroatoms. The summed E-state index contributed by atoms with van der Waals surface area (Å²) in [7, 11) is 2.11. The highest BCUT2D eigenvalue weighted by Crippen LogP contribution is 2.48. The molecule has 2 aliphatic heterocycles. The highest BCUT2D eigenvalue weighted by atomic mass is 16.5. The van der Waals surface area contributed by atoms with Crippen molar-refractivity contribution < 1.29 is 9.53 Å². The van der Waals surface area contributed by atoms with Crippen molar-refractivity contribution in [3.05, 3.63) is 29.8 Å². The van der Waals surface area contributed by atoms with E-state index in [1.54, 1.807) is 0 Å². The number of ether oxygens (including phenoxy) is 1. The van der Waals surface area contributed by atoms with Crippen LogP contribution in [-0.4, -0.2) is 42.7 Å². The zero-order valence-corrected chi connectivity index (χ0v) is 14.4. The van der Waals surface area contributed by atoms with Crippen LogP contribution in [0.4, 0.5) is 4.79 Å². The standard InChI is InChI=1S/C19H27N3O2/c1-22-11-4-6-14(13-22)20-18(23)21-16-12-19(9-5-10-19)24-17-8-3-2-7-15(16)17/h2-3,7-8,14,16H,4-6,9-13H2,1H3,(H2,20,21,23)/t14-,16-/m1/s1. The van der Waals surface area contributed by atoms with Crippen LogP contribution in [0.2, 0.25) is 0 Å². The number of fused-ring (bicyclic) bond motifs is 1. The lowest BCUT2D eigenvalue weighted by Crippen LogP contribution is -2.53. The quantitative estimate of drug-likeness (QED) is 0.877. The molecule has 1 aromatic carbocycles. The van der Waals surface area contributed by atoms with Crippen molar-refractivity contribution in [1.29, 1.82) is 0 Å². The summed E-state index contributed by atoms with van der Waals surface area (Å²) in [6, 6.07) is 8.35. The van der Waals surface area contributed by atoms with Crippen molar-refractivity contribution >= 4 is 6.03 Å². The molecule has 0 radical (unpaired) electrons. The van der Waals surface area contributed by atoms with E-state index in [9.17, 15) is 4.79 Å². The van der Waals surface area contributed by atoms with Gasteiger partial charge in [0.05, 0.1) is 6.04 Å². The average molecular weight is 329 g/mol. The molecule has 4 rings (SSSR count). The van der Waals surface area contributed by atoms with Gasteiger partial charge in [-0.3, -0.25) is 0 Å². The van der Waals surface area contributed by atoms with E-state index >= 15 is 0 Å². The van der Waals surface area contributed by atoms with Gasteiger partial charge >= 0.3 is 6.03 Å². The van der Waals surface area contributed by atoms with Crippen LogP contribution in [0.5, 0.6) is 5.75 Å². The van der Waals surface area contributed by atoms with Crippen LogP contribution in [0.3, 0.4) is 0 Å². The van der Waals surface area contributed by atoms with Gasteiger partial charge in [-0.25, -0.2) is 4.79 Å². The number of amides is 2. The average Bonchev–Trinajstić information content (AvgIpc) is 2.53. The number of carbonyl (C=O) groups is 1. The minimum Gasteiger partial charge on any atom is -0.487 e. The van der Waals surface area contributed by atoms with E-state index in [2.05, 4.69) is 28.6 Å². The number of nitrogens with zero attached hydrogens (tertiary/aromatic N) is 1. The van der Waals surface area contributed by atoms with Gasteiger partial charge in [0.2, 0.25) is 0 Å². The third kappa shape index (κ3) is 3.09.